The van der Waals surface area contributed by atoms with Gasteiger partial charge in [0.15, 0.2) is 0 Å². The molecule has 1 unspecified atom stereocenters. The quantitative estimate of drug-likeness (QED) is 0.618. The maximum absolute atomic E-state index is 8.70. The van der Waals surface area contributed by atoms with E-state index >= 15 is 0 Å². The van der Waals surface area contributed by atoms with Gasteiger partial charge in [-0.05, 0) is 19.8 Å². The average Bonchev–Trinajstić information content (AvgIpc) is 1.87. The summed E-state index contributed by atoms with van der Waals surface area (Å²) < 4.78 is 0. The van der Waals surface area contributed by atoms with Crippen LogP contribution in [-0.4, -0.2) is 23.8 Å². The molecule has 0 radical (unpaired) electrons. The van der Waals surface area contributed by atoms with E-state index in [1.165, 1.54) is 0 Å². The van der Waals surface area contributed by atoms with Gasteiger partial charge in [0.1, 0.15) is 0 Å². The first-order chi connectivity index (χ1) is 4.57. The zero-order valence-electron chi connectivity index (χ0n) is 7.39. The molecule has 0 aromatic carbocycles. The normalized spacial score (nSPS) is 17.4. The summed E-state index contributed by atoms with van der Waals surface area (Å²) in [6.45, 7) is 8.68. The summed E-state index contributed by atoms with van der Waals surface area (Å²) >= 11 is 0. The lowest BCUT2D eigenvalue weighted by Crippen LogP contribution is -2.39. The molecule has 0 rings (SSSR count). The first-order valence-electron chi connectivity index (χ1n) is 3.94. The van der Waals surface area contributed by atoms with Crippen molar-refractivity contribution in [3.63, 3.8) is 0 Å². The fourth-order valence-corrected chi connectivity index (χ4v) is 0.694. The largest absolute Gasteiger partial charge is 0.395 e. The Kier molecular flexibility index (Phi) is 4.65. The second kappa shape index (κ2) is 4.69. The average molecular weight is 145 g/mol. The van der Waals surface area contributed by atoms with Crippen molar-refractivity contribution in [2.45, 2.75) is 39.8 Å². The standard InChI is InChI=1S/C8H19NO/c1-6(2)8(4)9-7(3)5-10/h6-10H,5H2,1-4H3/t7-,8?/m0/s1. The predicted octanol–water partition coefficient (Wildman–Crippen LogP) is 1.00. The Morgan fingerprint density at radius 2 is 1.70 bits per heavy atom. The lowest BCUT2D eigenvalue weighted by molar-refractivity contribution is 0.233. The molecule has 0 saturated heterocycles. The van der Waals surface area contributed by atoms with Gasteiger partial charge in [-0.25, -0.2) is 0 Å². The lowest BCUT2D eigenvalue weighted by atomic mass is 10.1. The molecule has 0 aromatic heterocycles. The third-order valence-electron chi connectivity index (χ3n) is 1.82. The van der Waals surface area contributed by atoms with Crippen LogP contribution in [0.4, 0.5) is 0 Å². The molecule has 62 valence electrons. The summed E-state index contributed by atoms with van der Waals surface area (Å²) in [6, 6.07) is 0.708. The summed E-state index contributed by atoms with van der Waals surface area (Å²) in [4.78, 5) is 0. The fourth-order valence-electron chi connectivity index (χ4n) is 0.694. The van der Waals surface area contributed by atoms with Crippen molar-refractivity contribution >= 4 is 0 Å². The Bertz CT molecular complexity index is 83.3. The Morgan fingerprint density at radius 3 is 2.00 bits per heavy atom. The summed E-state index contributed by atoms with van der Waals surface area (Å²) in [5.41, 5.74) is 0. The first kappa shape index (κ1) is 9.92. The van der Waals surface area contributed by atoms with Crippen LogP contribution in [0, 0.1) is 5.92 Å². The van der Waals surface area contributed by atoms with Gasteiger partial charge in [0.25, 0.3) is 0 Å². The monoisotopic (exact) mass is 145 g/mol. The van der Waals surface area contributed by atoms with Gasteiger partial charge in [-0.2, -0.15) is 0 Å². The molecule has 0 heterocycles. The number of aliphatic hydroxyl groups excluding tert-OH is 1. The van der Waals surface area contributed by atoms with E-state index in [-0.39, 0.29) is 12.6 Å². The molecule has 0 fully saturated rings. The van der Waals surface area contributed by atoms with Crippen LogP contribution in [0.25, 0.3) is 0 Å². The molecular formula is C8H19NO. The molecule has 0 aliphatic carbocycles. The van der Waals surface area contributed by atoms with Gasteiger partial charge in [0.05, 0.1) is 6.61 Å². The lowest BCUT2D eigenvalue weighted by Gasteiger charge is -2.21. The van der Waals surface area contributed by atoms with E-state index in [1.807, 2.05) is 6.92 Å². The third kappa shape index (κ3) is 3.85. The molecule has 2 nitrogen and oxygen atoms in total. The molecule has 2 N–H and O–H groups in total. The molecule has 0 bridgehead atoms. The highest BCUT2D eigenvalue weighted by atomic mass is 16.3. The number of aliphatic hydroxyl groups is 1. The maximum Gasteiger partial charge on any atom is 0.0582 e. The smallest absolute Gasteiger partial charge is 0.0582 e. The minimum Gasteiger partial charge on any atom is -0.395 e. The van der Waals surface area contributed by atoms with Gasteiger partial charge in [-0.3, -0.25) is 0 Å². The van der Waals surface area contributed by atoms with Crippen LogP contribution in [0.3, 0.4) is 0 Å². The van der Waals surface area contributed by atoms with E-state index in [0.29, 0.717) is 12.0 Å². The zero-order chi connectivity index (χ0) is 8.15. The van der Waals surface area contributed by atoms with E-state index in [9.17, 15) is 0 Å². The van der Waals surface area contributed by atoms with Crippen molar-refractivity contribution < 1.29 is 5.11 Å². The molecular weight excluding hydrogens is 126 g/mol. The summed E-state index contributed by atoms with van der Waals surface area (Å²) in [5, 5.41) is 12.0. The predicted molar refractivity (Wildman–Crippen MR) is 44.0 cm³/mol. The summed E-state index contributed by atoms with van der Waals surface area (Å²) in [7, 11) is 0. The highest BCUT2D eigenvalue weighted by Gasteiger charge is 2.08. The van der Waals surface area contributed by atoms with Crippen LogP contribution in [0.15, 0.2) is 0 Å². The van der Waals surface area contributed by atoms with Crippen LogP contribution in [0.1, 0.15) is 27.7 Å². The molecule has 10 heavy (non-hydrogen) atoms. The topological polar surface area (TPSA) is 32.3 Å². The highest BCUT2D eigenvalue weighted by molar-refractivity contribution is 4.68. The number of nitrogens with one attached hydrogen (secondary N) is 1. The summed E-state index contributed by atoms with van der Waals surface area (Å²) in [6.07, 6.45) is 0. The number of rotatable bonds is 4. The minimum atomic E-state index is 0.219. The fraction of sp³-hybridized carbons (Fsp3) is 1.00. The van der Waals surface area contributed by atoms with Crippen LogP contribution < -0.4 is 5.32 Å². The molecule has 0 saturated carbocycles. The van der Waals surface area contributed by atoms with Crippen LogP contribution in [-0.2, 0) is 0 Å². The van der Waals surface area contributed by atoms with Crippen molar-refractivity contribution in [1.82, 2.24) is 5.32 Å². The Morgan fingerprint density at radius 1 is 1.20 bits per heavy atom. The van der Waals surface area contributed by atoms with Crippen molar-refractivity contribution in [2.24, 2.45) is 5.92 Å². The Hall–Kier alpha value is -0.0800. The van der Waals surface area contributed by atoms with Crippen LogP contribution >= 0.6 is 0 Å². The van der Waals surface area contributed by atoms with Crippen molar-refractivity contribution in [3.8, 4) is 0 Å². The van der Waals surface area contributed by atoms with Crippen molar-refractivity contribution in [3.05, 3.63) is 0 Å². The first-order valence-corrected chi connectivity index (χ1v) is 3.94. The van der Waals surface area contributed by atoms with Crippen molar-refractivity contribution in [1.29, 1.82) is 0 Å². The second-order valence-corrected chi connectivity index (χ2v) is 3.28. The highest BCUT2D eigenvalue weighted by Crippen LogP contribution is 2.00. The molecule has 2 atom stereocenters. The number of hydrogen-bond donors (Lipinski definition) is 2. The van der Waals surface area contributed by atoms with Gasteiger partial charge >= 0.3 is 0 Å². The van der Waals surface area contributed by atoms with E-state index in [1.54, 1.807) is 0 Å². The van der Waals surface area contributed by atoms with Gasteiger partial charge in [-0.1, -0.05) is 13.8 Å². The number of hydrogen-bond acceptors (Lipinski definition) is 2. The van der Waals surface area contributed by atoms with Gasteiger partial charge in [-0.15, -0.1) is 0 Å². The maximum atomic E-state index is 8.70. The van der Waals surface area contributed by atoms with Gasteiger partial charge in [0, 0.05) is 12.1 Å². The molecule has 0 aromatic rings. The molecule has 0 spiro atoms. The molecule has 0 aliphatic rings. The van der Waals surface area contributed by atoms with E-state index in [2.05, 4.69) is 26.1 Å². The van der Waals surface area contributed by atoms with E-state index in [4.69, 9.17) is 5.11 Å². The van der Waals surface area contributed by atoms with E-state index < -0.39 is 0 Å². The Labute approximate surface area is 63.6 Å². The van der Waals surface area contributed by atoms with E-state index in [0.717, 1.165) is 0 Å². The molecule has 0 amide bonds. The zero-order valence-corrected chi connectivity index (χ0v) is 7.39. The van der Waals surface area contributed by atoms with Crippen molar-refractivity contribution in [2.75, 3.05) is 6.61 Å². The second-order valence-electron chi connectivity index (χ2n) is 3.28. The summed E-state index contributed by atoms with van der Waals surface area (Å²) in [5.74, 6) is 0.633. The van der Waals surface area contributed by atoms with Crippen LogP contribution in [0.5, 0.6) is 0 Å². The third-order valence-corrected chi connectivity index (χ3v) is 1.82. The van der Waals surface area contributed by atoms with Crippen LogP contribution in [0.2, 0.25) is 0 Å². The SMILES string of the molecule is CC(C)C(C)N[C@@H](C)CO. The van der Waals surface area contributed by atoms with Gasteiger partial charge in [0.2, 0.25) is 0 Å². The Balaban J connectivity index is 3.46. The van der Waals surface area contributed by atoms with Gasteiger partial charge < -0.3 is 10.4 Å². The molecule has 0 aliphatic heterocycles. The molecule has 2 heteroatoms. The minimum absolute atomic E-state index is 0.219.